The monoisotopic (exact) mass is 416 g/mol. The Bertz CT molecular complexity index is 815. The zero-order chi connectivity index (χ0) is 21.7. The molecule has 2 aliphatic heterocycles. The smallest absolute Gasteiger partial charge is 0.344 e. The topological polar surface area (TPSA) is 108 Å². The van der Waals surface area contributed by atoms with Crippen LogP contribution in [0.4, 0.5) is 4.79 Å². The molecule has 3 rings (SSSR count). The van der Waals surface area contributed by atoms with Gasteiger partial charge >= 0.3 is 12.0 Å². The van der Waals surface area contributed by atoms with Gasteiger partial charge in [-0.2, -0.15) is 5.01 Å². The Morgan fingerprint density at radius 1 is 1.23 bits per heavy atom. The van der Waals surface area contributed by atoms with Crippen molar-refractivity contribution in [3.8, 4) is 0 Å². The number of piperidine rings is 1. The zero-order valence-electron chi connectivity index (χ0n) is 17.3. The molecule has 2 aliphatic rings. The number of urea groups is 1. The average molecular weight is 416 g/mol. The Balaban J connectivity index is 1.63. The van der Waals surface area contributed by atoms with Crippen LogP contribution in [0, 0.1) is 5.92 Å². The van der Waals surface area contributed by atoms with E-state index in [4.69, 9.17) is 4.74 Å². The van der Waals surface area contributed by atoms with Gasteiger partial charge < -0.3 is 10.1 Å². The maximum absolute atomic E-state index is 13.1. The molecule has 2 saturated heterocycles. The van der Waals surface area contributed by atoms with Crippen molar-refractivity contribution < 1.29 is 23.9 Å². The van der Waals surface area contributed by atoms with Crippen molar-refractivity contribution in [2.24, 2.45) is 5.92 Å². The Labute approximate surface area is 175 Å². The molecule has 2 atom stereocenters. The third-order valence-electron chi connectivity index (χ3n) is 5.62. The molecule has 0 unspecified atom stereocenters. The molecule has 2 N–H and O–H groups in total. The Morgan fingerprint density at radius 2 is 1.97 bits per heavy atom. The average Bonchev–Trinajstić information content (AvgIpc) is 3.00. The first-order chi connectivity index (χ1) is 14.4. The summed E-state index contributed by atoms with van der Waals surface area (Å²) in [4.78, 5) is 51.9. The van der Waals surface area contributed by atoms with Crippen LogP contribution in [0.3, 0.4) is 0 Å². The number of ether oxygens (including phenoxy) is 1. The maximum atomic E-state index is 13.1. The largest absolute Gasteiger partial charge is 0.466 e. The number of hydrogen-bond donors (Lipinski definition) is 2. The minimum absolute atomic E-state index is 0.0164. The van der Waals surface area contributed by atoms with E-state index in [1.807, 2.05) is 11.0 Å². The summed E-state index contributed by atoms with van der Waals surface area (Å²) >= 11 is 0. The van der Waals surface area contributed by atoms with Crippen LogP contribution in [0.1, 0.15) is 38.7 Å². The molecule has 2 heterocycles. The lowest BCUT2D eigenvalue weighted by molar-refractivity contribution is -0.150. The summed E-state index contributed by atoms with van der Waals surface area (Å²) in [6.07, 6.45) is 1.84. The summed E-state index contributed by atoms with van der Waals surface area (Å²) in [6, 6.07) is 8.30. The Morgan fingerprint density at radius 3 is 2.63 bits per heavy atom. The van der Waals surface area contributed by atoms with Crippen molar-refractivity contribution in [3.63, 3.8) is 0 Å². The molecule has 2 fully saturated rings. The number of benzene rings is 1. The van der Waals surface area contributed by atoms with E-state index in [1.165, 1.54) is 0 Å². The molecular weight excluding hydrogens is 388 g/mol. The van der Waals surface area contributed by atoms with Gasteiger partial charge in [0.15, 0.2) is 0 Å². The van der Waals surface area contributed by atoms with E-state index in [0.717, 1.165) is 17.9 Å². The molecule has 0 saturated carbocycles. The molecule has 30 heavy (non-hydrogen) atoms. The summed E-state index contributed by atoms with van der Waals surface area (Å²) in [5.74, 6) is -1.53. The van der Waals surface area contributed by atoms with Gasteiger partial charge in [0.2, 0.25) is 0 Å². The molecule has 9 nitrogen and oxygen atoms in total. The fourth-order valence-corrected chi connectivity index (χ4v) is 4.05. The zero-order valence-corrected chi connectivity index (χ0v) is 17.3. The third kappa shape index (κ3) is 4.30. The van der Waals surface area contributed by atoms with Crippen LogP contribution in [0.25, 0.3) is 0 Å². The standard InChI is InChI=1S/C21H28N4O5/c1-3-21(16-10-6-5-7-11-16)19(28)25(20(29)22-21)23-17(26)14-24-12-8-9-15(13-24)18(27)30-4-2/h5-7,10-11,15H,3-4,8-9,12-14H2,1-2H3,(H,22,29)(H,23,26)/t15-,21-/m0/s1. The number of likely N-dealkylation sites (tertiary alicyclic amines) is 1. The number of rotatable bonds is 7. The summed E-state index contributed by atoms with van der Waals surface area (Å²) in [7, 11) is 0. The Hall–Kier alpha value is -2.94. The molecule has 0 radical (unpaired) electrons. The number of esters is 1. The second kappa shape index (κ2) is 9.25. The van der Waals surface area contributed by atoms with Gasteiger partial charge in [-0.25, -0.2) is 4.79 Å². The van der Waals surface area contributed by atoms with Gasteiger partial charge in [-0.1, -0.05) is 37.3 Å². The van der Waals surface area contributed by atoms with Crippen molar-refractivity contribution in [2.75, 3.05) is 26.2 Å². The number of carbonyl (C=O) groups is 4. The van der Waals surface area contributed by atoms with Gasteiger partial charge in [0.1, 0.15) is 5.54 Å². The van der Waals surface area contributed by atoms with E-state index in [2.05, 4.69) is 10.7 Å². The van der Waals surface area contributed by atoms with Crippen LogP contribution < -0.4 is 10.7 Å². The minimum atomic E-state index is -1.20. The number of hydrogen-bond acceptors (Lipinski definition) is 6. The predicted molar refractivity (Wildman–Crippen MR) is 108 cm³/mol. The molecule has 1 aromatic carbocycles. The number of carbonyl (C=O) groups excluding carboxylic acids is 4. The van der Waals surface area contributed by atoms with Crippen LogP contribution in [0.2, 0.25) is 0 Å². The predicted octanol–water partition coefficient (Wildman–Crippen LogP) is 1.15. The van der Waals surface area contributed by atoms with Gasteiger partial charge in [-0.15, -0.1) is 0 Å². The van der Waals surface area contributed by atoms with Gasteiger partial charge in [0, 0.05) is 6.54 Å². The van der Waals surface area contributed by atoms with Crippen molar-refractivity contribution in [1.29, 1.82) is 0 Å². The molecule has 0 aromatic heterocycles. The lowest BCUT2D eigenvalue weighted by atomic mass is 9.87. The first-order valence-electron chi connectivity index (χ1n) is 10.3. The fourth-order valence-electron chi connectivity index (χ4n) is 4.05. The van der Waals surface area contributed by atoms with E-state index in [0.29, 0.717) is 31.7 Å². The maximum Gasteiger partial charge on any atom is 0.344 e. The normalized spacial score (nSPS) is 24.5. The molecule has 1 aromatic rings. The van der Waals surface area contributed by atoms with Crippen LogP contribution in [-0.2, 0) is 24.7 Å². The summed E-state index contributed by atoms with van der Waals surface area (Å²) in [5, 5.41) is 3.48. The summed E-state index contributed by atoms with van der Waals surface area (Å²) < 4.78 is 5.08. The van der Waals surface area contributed by atoms with Crippen molar-refractivity contribution >= 4 is 23.8 Å². The second-order valence-electron chi connectivity index (χ2n) is 7.56. The number of nitrogens with zero attached hydrogens (tertiary/aromatic N) is 2. The first-order valence-corrected chi connectivity index (χ1v) is 10.3. The van der Waals surface area contributed by atoms with Crippen LogP contribution in [0.5, 0.6) is 0 Å². The van der Waals surface area contributed by atoms with Gasteiger partial charge in [0.05, 0.1) is 19.1 Å². The second-order valence-corrected chi connectivity index (χ2v) is 7.56. The highest BCUT2D eigenvalue weighted by Gasteiger charge is 2.52. The summed E-state index contributed by atoms with van der Waals surface area (Å²) in [5.41, 5.74) is 1.89. The highest BCUT2D eigenvalue weighted by Crippen LogP contribution is 2.31. The lowest BCUT2D eigenvalue weighted by Gasteiger charge is -2.31. The van der Waals surface area contributed by atoms with E-state index in [-0.39, 0.29) is 18.4 Å². The van der Waals surface area contributed by atoms with E-state index >= 15 is 0 Å². The molecule has 4 amide bonds. The quantitative estimate of drug-likeness (QED) is 0.510. The number of hydrazine groups is 1. The molecular formula is C21H28N4O5. The van der Waals surface area contributed by atoms with Crippen molar-refractivity contribution in [2.45, 2.75) is 38.6 Å². The van der Waals surface area contributed by atoms with Crippen LogP contribution in [0.15, 0.2) is 30.3 Å². The number of nitrogens with one attached hydrogen (secondary N) is 2. The van der Waals surface area contributed by atoms with Gasteiger partial charge in [-0.05, 0) is 38.3 Å². The van der Waals surface area contributed by atoms with Gasteiger partial charge in [0.25, 0.3) is 11.8 Å². The molecule has 0 bridgehead atoms. The fraction of sp³-hybridized carbons (Fsp3) is 0.524. The van der Waals surface area contributed by atoms with E-state index in [1.54, 1.807) is 38.1 Å². The Kier molecular flexibility index (Phi) is 6.71. The van der Waals surface area contributed by atoms with E-state index < -0.39 is 23.4 Å². The molecule has 9 heteroatoms. The minimum Gasteiger partial charge on any atom is -0.466 e. The molecule has 0 spiro atoms. The van der Waals surface area contributed by atoms with Crippen molar-refractivity contribution in [3.05, 3.63) is 35.9 Å². The van der Waals surface area contributed by atoms with Crippen LogP contribution in [-0.4, -0.2) is 60.0 Å². The highest BCUT2D eigenvalue weighted by molar-refractivity contribution is 6.08. The SMILES string of the molecule is CCOC(=O)[C@H]1CCCN(CC(=O)NN2C(=O)N[C@@](CC)(c3ccccc3)C2=O)C1. The first kappa shape index (κ1) is 21.8. The lowest BCUT2D eigenvalue weighted by Crippen LogP contribution is -2.52. The third-order valence-corrected chi connectivity index (χ3v) is 5.62. The van der Waals surface area contributed by atoms with Gasteiger partial charge in [-0.3, -0.25) is 24.7 Å². The molecule has 162 valence electrons. The molecule has 0 aliphatic carbocycles. The summed E-state index contributed by atoms with van der Waals surface area (Å²) in [6.45, 7) is 4.94. The highest BCUT2D eigenvalue weighted by atomic mass is 16.5. The van der Waals surface area contributed by atoms with E-state index in [9.17, 15) is 19.2 Å². The number of amides is 4. The van der Waals surface area contributed by atoms with Crippen LogP contribution >= 0.6 is 0 Å². The van der Waals surface area contributed by atoms with Crippen molar-refractivity contribution in [1.82, 2.24) is 20.7 Å². The number of imide groups is 1.